The van der Waals surface area contributed by atoms with Crippen molar-refractivity contribution in [3.05, 3.63) is 71.3 Å². The third-order valence-electron chi connectivity index (χ3n) is 3.26. The van der Waals surface area contributed by atoms with Gasteiger partial charge in [-0.3, -0.25) is 14.6 Å². The summed E-state index contributed by atoms with van der Waals surface area (Å²) in [7, 11) is 0. The van der Waals surface area contributed by atoms with Gasteiger partial charge in [-0.15, -0.1) is 0 Å². The molecule has 6 heteroatoms. The fourth-order valence-corrected chi connectivity index (χ4v) is 1.90. The highest BCUT2D eigenvalue weighted by molar-refractivity contribution is 5.94. The van der Waals surface area contributed by atoms with E-state index < -0.39 is 5.82 Å². The first kappa shape index (κ1) is 17.3. The quantitative estimate of drug-likeness (QED) is 0.630. The molecule has 124 valence electrons. The number of aryl methyl sites for hydroxylation is 1. The van der Waals surface area contributed by atoms with Crippen molar-refractivity contribution in [1.82, 2.24) is 15.6 Å². The van der Waals surface area contributed by atoms with Crippen molar-refractivity contribution in [2.75, 3.05) is 13.1 Å². The molecule has 2 amide bonds. The number of halogens is 1. The van der Waals surface area contributed by atoms with Crippen molar-refractivity contribution in [3.63, 3.8) is 0 Å². The van der Waals surface area contributed by atoms with Crippen LogP contribution in [0.2, 0.25) is 0 Å². The molecule has 1 aromatic heterocycles. The normalized spacial score (nSPS) is 10.6. The fraction of sp³-hybridized carbons (Fsp3) is 0.167. The molecule has 24 heavy (non-hydrogen) atoms. The van der Waals surface area contributed by atoms with E-state index in [1.807, 2.05) is 6.07 Å². The Balaban J connectivity index is 1.72. The molecule has 0 aliphatic carbocycles. The molecule has 0 bridgehead atoms. The number of carbonyl (C=O) groups excluding carboxylic acids is 2. The first-order valence-electron chi connectivity index (χ1n) is 7.46. The van der Waals surface area contributed by atoms with E-state index in [1.54, 1.807) is 43.6 Å². The largest absolute Gasteiger partial charge is 0.351 e. The second-order valence-corrected chi connectivity index (χ2v) is 5.13. The number of benzene rings is 1. The number of aromatic nitrogens is 1. The maximum Gasteiger partial charge on any atom is 0.251 e. The molecular formula is C18H18FN3O2. The zero-order valence-corrected chi connectivity index (χ0v) is 13.3. The van der Waals surface area contributed by atoms with Crippen LogP contribution in [0.15, 0.2) is 48.8 Å². The van der Waals surface area contributed by atoms with Gasteiger partial charge in [0.05, 0.1) is 0 Å². The molecule has 0 fully saturated rings. The fourth-order valence-electron chi connectivity index (χ4n) is 1.90. The Kier molecular flexibility index (Phi) is 6.19. The summed E-state index contributed by atoms with van der Waals surface area (Å²) in [4.78, 5) is 27.4. The van der Waals surface area contributed by atoms with E-state index in [4.69, 9.17) is 0 Å². The molecule has 0 atom stereocenters. The Bertz CT molecular complexity index is 745. The summed E-state index contributed by atoms with van der Waals surface area (Å²) in [5.41, 5.74) is 1.56. The Morgan fingerprint density at radius 2 is 2.00 bits per heavy atom. The van der Waals surface area contributed by atoms with Crippen LogP contribution >= 0.6 is 0 Å². The summed E-state index contributed by atoms with van der Waals surface area (Å²) in [5.74, 6) is -1.07. The van der Waals surface area contributed by atoms with Gasteiger partial charge in [0.15, 0.2) is 0 Å². The van der Waals surface area contributed by atoms with Crippen LogP contribution in [0.1, 0.15) is 21.5 Å². The summed E-state index contributed by atoms with van der Waals surface area (Å²) in [6, 6.07) is 7.91. The van der Waals surface area contributed by atoms with Crippen molar-refractivity contribution in [3.8, 4) is 0 Å². The van der Waals surface area contributed by atoms with Gasteiger partial charge in [-0.1, -0.05) is 12.1 Å². The van der Waals surface area contributed by atoms with E-state index in [0.29, 0.717) is 5.56 Å². The summed E-state index contributed by atoms with van der Waals surface area (Å²) in [6.45, 7) is 2.16. The highest BCUT2D eigenvalue weighted by atomic mass is 19.1. The standard InChI is InChI=1S/C18H18FN3O2/c1-13-4-6-15(11-16(13)19)18(24)22-10-9-21-17(23)7-5-14-3-2-8-20-12-14/h2-8,11-12H,9-10H2,1H3,(H,21,23)(H,22,24)/b7-5+. The number of rotatable bonds is 6. The number of amides is 2. The lowest BCUT2D eigenvalue weighted by molar-refractivity contribution is -0.116. The van der Waals surface area contributed by atoms with E-state index in [2.05, 4.69) is 15.6 Å². The Morgan fingerprint density at radius 3 is 2.71 bits per heavy atom. The molecule has 2 aromatic rings. The molecule has 5 nitrogen and oxygen atoms in total. The summed E-state index contributed by atoms with van der Waals surface area (Å²) >= 11 is 0. The topological polar surface area (TPSA) is 71.1 Å². The van der Waals surface area contributed by atoms with Crippen molar-refractivity contribution in [2.24, 2.45) is 0 Å². The Labute approximate surface area is 139 Å². The molecule has 2 N–H and O–H groups in total. The number of hydrogen-bond acceptors (Lipinski definition) is 3. The monoisotopic (exact) mass is 327 g/mol. The minimum Gasteiger partial charge on any atom is -0.351 e. The summed E-state index contributed by atoms with van der Waals surface area (Å²) < 4.78 is 13.4. The minimum atomic E-state index is -0.420. The minimum absolute atomic E-state index is 0.251. The van der Waals surface area contributed by atoms with E-state index in [-0.39, 0.29) is 30.5 Å². The van der Waals surface area contributed by atoms with Gasteiger partial charge < -0.3 is 10.6 Å². The highest BCUT2D eigenvalue weighted by Gasteiger charge is 2.07. The van der Waals surface area contributed by atoms with Gasteiger partial charge in [-0.2, -0.15) is 0 Å². The van der Waals surface area contributed by atoms with E-state index in [0.717, 1.165) is 5.56 Å². The summed E-state index contributed by atoms with van der Waals surface area (Å²) in [6.07, 6.45) is 6.34. The lowest BCUT2D eigenvalue weighted by Crippen LogP contribution is -2.34. The lowest BCUT2D eigenvalue weighted by Gasteiger charge is -2.06. The van der Waals surface area contributed by atoms with Crippen LogP contribution in [-0.2, 0) is 4.79 Å². The van der Waals surface area contributed by atoms with E-state index in [9.17, 15) is 14.0 Å². The average molecular weight is 327 g/mol. The smallest absolute Gasteiger partial charge is 0.251 e. The maximum absolute atomic E-state index is 13.4. The van der Waals surface area contributed by atoms with Crippen molar-refractivity contribution < 1.29 is 14.0 Å². The van der Waals surface area contributed by atoms with Gasteiger partial charge in [0.2, 0.25) is 5.91 Å². The van der Waals surface area contributed by atoms with Crippen LogP contribution in [0.4, 0.5) is 4.39 Å². The Morgan fingerprint density at radius 1 is 1.21 bits per heavy atom. The number of pyridine rings is 1. The van der Waals surface area contributed by atoms with Crippen LogP contribution in [0.25, 0.3) is 6.08 Å². The van der Waals surface area contributed by atoms with Crippen LogP contribution < -0.4 is 10.6 Å². The molecule has 0 aliphatic rings. The lowest BCUT2D eigenvalue weighted by atomic mass is 10.1. The summed E-state index contributed by atoms with van der Waals surface area (Å²) in [5, 5.41) is 5.27. The zero-order chi connectivity index (χ0) is 17.4. The van der Waals surface area contributed by atoms with Crippen LogP contribution in [0.5, 0.6) is 0 Å². The van der Waals surface area contributed by atoms with Gasteiger partial charge >= 0.3 is 0 Å². The molecule has 0 saturated carbocycles. The van der Waals surface area contributed by atoms with Crippen LogP contribution in [0, 0.1) is 12.7 Å². The van der Waals surface area contributed by atoms with Gasteiger partial charge in [-0.05, 0) is 42.3 Å². The molecule has 0 unspecified atom stereocenters. The van der Waals surface area contributed by atoms with E-state index in [1.165, 1.54) is 12.1 Å². The molecule has 0 aliphatic heterocycles. The molecular weight excluding hydrogens is 309 g/mol. The number of hydrogen-bond donors (Lipinski definition) is 2. The molecule has 1 aromatic carbocycles. The van der Waals surface area contributed by atoms with Gasteiger partial charge in [0.1, 0.15) is 5.82 Å². The van der Waals surface area contributed by atoms with Crippen molar-refractivity contribution >= 4 is 17.9 Å². The first-order valence-corrected chi connectivity index (χ1v) is 7.46. The van der Waals surface area contributed by atoms with Gasteiger partial charge in [0, 0.05) is 37.1 Å². The van der Waals surface area contributed by atoms with Gasteiger partial charge in [-0.25, -0.2) is 4.39 Å². The predicted molar refractivity (Wildman–Crippen MR) is 89.8 cm³/mol. The molecule has 0 saturated heterocycles. The molecule has 2 rings (SSSR count). The number of nitrogens with one attached hydrogen (secondary N) is 2. The van der Waals surface area contributed by atoms with Crippen molar-refractivity contribution in [2.45, 2.75) is 6.92 Å². The van der Waals surface area contributed by atoms with Crippen LogP contribution in [-0.4, -0.2) is 29.9 Å². The highest BCUT2D eigenvalue weighted by Crippen LogP contribution is 2.08. The SMILES string of the molecule is Cc1ccc(C(=O)NCCNC(=O)/C=C/c2cccnc2)cc1F. The molecule has 0 spiro atoms. The van der Waals surface area contributed by atoms with Crippen molar-refractivity contribution in [1.29, 1.82) is 0 Å². The second-order valence-electron chi connectivity index (χ2n) is 5.13. The maximum atomic E-state index is 13.4. The molecule has 0 radical (unpaired) electrons. The number of nitrogens with zero attached hydrogens (tertiary/aromatic N) is 1. The average Bonchev–Trinajstić information content (AvgIpc) is 2.60. The number of carbonyl (C=O) groups is 2. The first-order chi connectivity index (χ1) is 11.6. The Hall–Kier alpha value is -3.02. The zero-order valence-electron chi connectivity index (χ0n) is 13.3. The third kappa shape index (κ3) is 5.31. The van der Waals surface area contributed by atoms with Crippen LogP contribution in [0.3, 0.4) is 0 Å². The second kappa shape index (κ2) is 8.57. The van der Waals surface area contributed by atoms with E-state index >= 15 is 0 Å². The molecule has 1 heterocycles. The van der Waals surface area contributed by atoms with Gasteiger partial charge in [0.25, 0.3) is 5.91 Å². The predicted octanol–water partition coefficient (Wildman–Crippen LogP) is 2.09. The third-order valence-corrected chi connectivity index (χ3v) is 3.26.